The van der Waals surface area contributed by atoms with Crippen LogP contribution in [0.5, 0.6) is 0 Å². The number of ether oxygens (including phenoxy) is 2. The monoisotopic (exact) mass is 279 g/mol. The van der Waals surface area contributed by atoms with Crippen LogP contribution in [0.15, 0.2) is 0 Å². The summed E-state index contributed by atoms with van der Waals surface area (Å²) in [6.07, 6.45) is 2.03. The van der Waals surface area contributed by atoms with Gasteiger partial charge in [0.1, 0.15) is 6.10 Å². The fourth-order valence-corrected chi connectivity index (χ4v) is 2.54. The van der Waals surface area contributed by atoms with E-state index < -0.39 is 8.56 Å². The van der Waals surface area contributed by atoms with Gasteiger partial charge in [-0.25, -0.2) is 0 Å². The van der Waals surface area contributed by atoms with E-state index in [2.05, 4.69) is 6.92 Å². The molecule has 1 rings (SSSR count). The van der Waals surface area contributed by atoms with Gasteiger partial charge in [0.05, 0.1) is 13.2 Å². The van der Waals surface area contributed by atoms with Crippen molar-refractivity contribution in [1.82, 2.24) is 0 Å². The molecule has 0 spiro atoms. The first kappa shape index (κ1) is 18.0. The third kappa shape index (κ3) is 9.99. The lowest BCUT2D eigenvalue weighted by atomic mass is 10.5. The van der Waals surface area contributed by atoms with E-state index in [1.165, 1.54) is 0 Å². The maximum absolute atomic E-state index is 8.53. The molecule has 0 amide bonds. The third-order valence-electron chi connectivity index (χ3n) is 2.65. The van der Waals surface area contributed by atoms with Gasteiger partial charge in [-0.15, -0.1) is 0 Å². The van der Waals surface area contributed by atoms with Gasteiger partial charge in [0.2, 0.25) is 0 Å². The molecule has 0 bridgehead atoms. The second kappa shape index (κ2) is 10.9. The van der Waals surface area contributed by atoms with E-state index in [9.17, 15) is 0 Å². The lowest BCUT2D eigenvalue weighted by Crippen LogP contribution is -2.35. The molecule has 0 saturated carbocycles. The Balaban J connectivity index is 0.000000327. The normalized spacial score (nSPS) is 18.2. The summed E-state index contributed by atoms with van der Waals surface area (Å²) in [4.78, 5) is 0. The van der Waals surface area contributed by atoms with Crippen molar-refractivity contribution >= 4 is 8.56 Å². The Morgan fingerprint density at radius 2 is 2.00 bits per heavy atom. The predicted molar refractivity (Wildman–Crippen MR) is 72.7 cm³/mol. The highest BCUT2D eigenvalue weighted by atomic mass is 28.4. The molecule has 1 fully saturated rings. The minimum absolute atomic E-state index is 0.218. The summed E-state index contributed by atoms with van der Waals surface area (Å²) >= 11 is 0. The summed E-state index contributed by atoms with van der Waals surface area (Å²) in [6.45, 7) is 8.25. The summed E-state index contributed by atoms with van der Waals surface area (Å²) in [7, 11) is 1.44. The second-order valence-corrected chi connectivity index (χ2v) is 7.84. The van der Waals surface area contributed by atoms with Crippen molar-refractivity contribution in [3.8, 4) is 0 Å². The van der Waals surface area contributed by atoms with Crippen LogP contribution in [-0.4, -0.2) is 60.4 Å². The standard InChI is InChI=1S/C6H16O3Si.C6H11O2/c1-8-10(3,9-2)6-4-5-7;1-2-3-7-4-6-5-8-6/h7H,4-6H2,1-3H3;6H,1-5H2. The molecular weight excluding hydrogens is 252 g/mol. The Morgan fingerprint density at radius 1 is 1.39 bits per heavy atom. The topological polar surface area (TPSA) is 60.5 Å². The molecule has 0 aromatic carbocycles. The largest absolute Gasteiger partial charge is 0.398 e. The van der Waals surface area contributed by atoms with E-state index in [-0.39, 0.29) is 6.61 Å². The molecule has 1 radical (unpaired) electrons. The van der Waals surface area contributed by atoms with Crippen molar-refractivity contribution in [2.24, 2.45) is 0 Å². The minimum Gasteiger partial charge on any atom is -0.398 e. The highest BCUT2D eigenvalue weighted by molar-refractivity contribution is 6.65. The molecule has 0 aliphatic carbocycles. The van der Waals surface area contributed by atoms with Crippen molar-refractivity contribution in [2.45, 2.75) is 31.5 Å². The lowest BCUT2D eigenvalue weighted by molar-refractivity contribution is 0.120. The van der Waals surface area contributed by atoms with Crippen LogP contribution < -0.4 is 0 Å². The molecule has 1 saturated heterocycles. The van der Waals surface area contributed by atoms with Gasteiger partial charge in [0, 0.05) is 27.4 Å². The quantitative estimate of drug-likeness (QED) is 0.392. The first-order valence-electron chi connectivity index (χ1n) is 6.31. The Morgan fingerprint density at radius 3 is 2.39 bits per heavy atom. The zero-order valence-electron chi connectivity index (χ0n) is 11.8. The fourth-order valence-electron chi connectivity index (χ4n) is 1.17. The van der Waals surface area contributed by atoms with Crippen molar-refractivity contribution in [1.29, 1.82) is 0 Å². The molecule has 1 unspecified atom stereocenters. The van der Waals surface area contributed by atoms with E-state index in [1.54, 1.807) is 14.2 Å². The number of hydrogen-bond donors (Lipinski definition) is 1. The van der Waals surface area contributed by atoms with Crippen molar-refractivity contribution in [2.75, 3.05) is 40.6 Å². The van der Waals surface area contributed by atoms with Gasteiger partial charge in [-0.1, -0.05) is 6.92 Å². The second-order valence-electron chi connectivity index (χ2n) is 4.25. The van der Waals surface area contributed by atoms with E-state index in [0.717, 1.165) is 38.7 Å². The van der Waals surface area contributed by atoms with Crippen LogP contribution in [0.3, 0.4) is 0 Å². The molecule has 0 aromatic rings. The van der Waals surface area contributed by atoms with Crippen LogP contribution in [-0.2, 0) is 18.3 Å². The van der Waals surface area contributed by atoms with E-state index in [0.29, 0.717) is 6.10 Å². The summed E-state index contributed by atoms with van der Waals surface area (Å²) in [5.74, 6) is 0. The molecule has 1 heterocycles. The van der Waals surface area contributed by atoms with Gasteiger partial charge < -0.3 is 23.4 Å². The van der Waals surface area contributed by atoms with E-state index in [1.807, 2.05) is 6.55 Å². The predicted octanol–water partition coefficient (Wildman–Crippen LogP) is 1.36. The SMILES string of the molecule is CO[Si](C)(CCCO)OC.[CH2]CCOCC1CO1. The van der Waals surface area contributed by atoms with E-state index >= 15 is 0 Å². The van der Waals surface area contributed by atoms with Crippen molar-refractivity contribution in [3.63, 3.8) is 0 Å². The van der Waals surface area contributed by atoms with Gasteiger partial charge in [-0.3, -0.25) is 0 Å². The highest BCUT2D eigenvalue weighted by Gasteiger charge is 2.27. The van der Waals surface area contributed by atoms with Gasteiger partial charge >= 0.3 is 8.56 Å². The maximum Gasteiger partial charge on any atom is 0.334 e. The first-order chi connectivity index (χ1) is 8.61. The van der Waals surface area contributed by atoms with Crippen LogP contribution in [0.4, 0.5) is 0 Å². The molecule has 1 atom stereocenters. The van der Waals surface area contributed by atoms with Crippen LogP contribution in [0.25, 0.3) is 0 Å². The van der Waals surface area contributed by atoms with Gasteiger partial charge in [-0.2, -0.15) is 0 Å². The molecule has 6 heteroatoms. The van der Waals surface area contributed by atoms with Crippen LogP contribution in [0, 0.1) is 6.92 Å². The maximum atomic E-state index is 8.53. The zero-order valence-corrected chi connectivity index (χ0v) is 12.8. The summed E-state index contributed by atoms with van der Waals surface area (Å²) < 4.78 is 20.4. The molecular formula is C12H27O5Si. The summed E-state index contributed by atoms with van der Waals surface area (Å²) in [5.41, 5.74) is 0. The highest BCUT2D eigenvalue weighted by Crippen LogP contribution is 2.12. The summed E-state index contributed by atoms with van der Waals surface area (Å²) in [5, 5.41) is 8.53. The number of epoxide rings is 1. The molecule has 1 N–H and O–H groups in total. The van der Waals surface area contributed by atoms with Gasteiger partial charge in [-0.05, 0) is 25.4 Å². The Hall–Kier alpha value is 0.0169. The zero-order chi connectivity index (χ0) is 13.9. The van der Waals surface area contributed by atoms with Gasteiger partial charge in [0.15, 0.2) is 0 Å². The number of hydrogen-bond acceptors (Lipinski definition) is 5. The van der Waals surface area contributed by atoms with Crippen molar-refractivity contribution < 1.29 is 23.4 Å². The Labute approximate surface area is 112 Å². The third-order valence-corrected chi connectivity index (χ3v) is 5.64. The molecule has 109 valence electrons. The van der Waals surface area contributed by atoms with Crippen molar-refractivity contribution in [3.05, 3.63) is 6.92 Å². The van der Waals surface area contributed by atoms with E-state index in [4.69, 9.17) is 23.4 Å². The lowest BCUT2D eigenvalue weighted by Gasteiger charge is -2.21. The van der Waals surface area contributed by atoms with Crippen LogP contribution >= 0.6 is 0 Å². The Kier molecular flexibility index (Phi) is 10.9. The smallest absolute Gasteiger partial charge is 0.334 e. The summed E-state index contributed by atoms with van der Waals surface area (Å²) in [6, 6.07) is 0.858. The number of aliphatic hydroxyl groups excluding tert-OH is 1. The van der Waals surface area contributed by atoms with Crippen LogP contribution in [0.2, 0.25) is 12.6 Å². The number of rotatable bonds is 9. The molecule has 5 nitrogen and oxygen atoms in total. The molecule has 18 heavy (non-hydrogen) atoms. The first-order valence-corrected chi connectivity index (χ1v) is 8.84. The molecule has 0 aromatic heterocycles. The molecule has 1 aliphatic heterocycles. The average molecular weight is 279 g/mol. The average Bonchev–Trinajstić information content (AvgIpc) is 3.21. The van der Waals surface area contributed by atoms with Crippen LogP contribution in [0.1, 0.15) is 12.8 Å². The number of aliphatic hydroxyl groups is 1. The van der Waals surface area contributed by atoms with Gasteiger partial charge in [0.25, 0.3) is 0 Å². The molecule has 1 aliphatic rings. The minimum atomic E-state index is -1.88. The fraction of sp³-hybridized carbons (Fsp3) is 0.917. The Bertz CT molecular complexity index is 183.